The first-order chi connectivity index (χ1) is 6.45. The van der Waals surface area contributed by atoms with Crippen LogP contribution in [0.5, 0.6) is 5.75 Å². The van der Waals surface area contributed by atoms with E-state index in [0.29, 0.717) is 5.75 Å². The molecule has 1 rings (SSSR count). The zero-order valence-corrected chi connectivity index (χ0v) is 8.47. The Hall–Kier alpha value is -1.09. The number of rotatable bonds is 2. The lowest BCUT2D eigenvalue weighted by Gasteiger charge is -1.94. The zero-order chi connectivity index (χ0) is 11.0. The number of para-hydroxylation sites is 1. The van der Waals surface area contributed by atoms with Gasteiger partial charge in [-0.3, -0.25) is 4.57 Å². The molecule has 1 aromatic carbocycles. The molecule has 0 atom stereocenters. The van der Waals surface area contributed by atoms with Gasteiger partial charge in [0.05, 0.1) is 6.16 Å². The van der Waals surface area contributed by atoms with Crippen molar-refractivity contribution in [2.45, 2.75) is 0 Å². The summed E-state index contributed by atoms with van der Waals surface area (Å²) in [5.41, 5.74) is 0. The van der Waals surface area contributed by atoms with Crippen LogP contribution in [0.25, 0.3) is 0 Å². The number of allylic oxidation sites excluding steroid dienone is 1. The highest BCUT2D eigenvalue weighted by molar-refractivity contribution is 7.51. The van der Waals surface area contributed by atoms with Crippen LogP contribution in [0.2, 0.25) is 0 Å². The smallest absolute Gasteiger partial charge is 0.329 e. The summed E-state index contributed by atoms with van der Waals surface area (Å²) in [5, 5.41) is 8.63. The molecule has 78 valence electrons. The van der Waals surface area contributed by atoms with Crippen molar-refractivity contribution < 1.29 is 19.5 Å². The fraction of sp³-hybridized carbons (Fsp3) is 0.111. The Morgan fingerprint density at radius 1 is 1.29 bits per heavy atom. The third-order valence-electron chi connectivity index (χ3n) is 1.12. The molecular weight excluding hydrogens is 203 g/mol. The molecule has 0 spiro atoms. The topological polar surface area (TPSA) is 77.8 Å². The van der Waals surface area contributed by atoms with Gasteiger partial charge in [-0.1, -0.05) is 24.3 Å². The molecule has 0 amide bonds. The van der Waals surface area contributed by atoms with E-state index in [1.54, 1.807) is 24.3 Å². The second-order valence-electron chi connectivity index (χ2n) is 2.47. The van der Waals surface area contributed by atoms with Crippen LogP contribution in [0.1, 0.15) is 0 Å². The van der Waals surface area contributed by atoms with Crippen LogP contribution < -0.4 is 0 Å². The minimum atomic E-state index is -3.78. The normalized spacial score (nSPS) is 9.86. The van der Waals surface area contributed by atoms with Gasteiger partial charge < -0.3 is 14.9 Å². The largest absolute Gasteiger partial charge is 0.508 e. The van der Waals surface area contributed by atoms with Gasteiger partial charge in [-0.25, -0.2) is 0 Å². The van der Waals surface area contributed by atoms with Crippen molar-refractivity contribution in [3.63, 3.8) is 0 Å². The molecule has 5 heteroatoms. The molecule has 3 N–H and O–H groups in total. The number of phenolic OH excluding ortho intramolecular Hbond substituents is 1. The monoisotopic (exact) mass is 216 g/mol. The highest BCUT2D eigenvalue weighted by Crippen LogP contribution is 2.33. The number of hydrogen-bond acceptors (Lipinski definition) is 2. The van der Waals surface area contributed by atoms with Crippen molar-refractivity contribution in [2.75, 3.05) is 6.16 Å². The summed E-state index contributed by atoms with van der Waals surface area (Å²) in [6.07, 6.45) is 0.966. The molecule has 0 saturated carbocycles. The maximum atomic E-state index is 9.85. The molecular formula is C9H13O4P. The highest BCUT2D eigenvalue weighted by Gasteiger charge is 2.06. The highest BCUT2D eigenvalue weighted by atomic mass is 31.2. The van der Waals surface area contributed by atoms with Gasteiger partial charge in [0, 0.05) is 0 Å². The number of benzene rings is 1. The molecule has 0 aromatic heterocycles. The van der Waals surface area contributed by atoms with Crippen LogP contribution in [-0.2, 0) is 4.57 Å². The molecule has 0 fully saturated rings. The fourth-order valence-corrected chi connectivity index (χ4v) is 0.933. The Morgan fingerprint density at radius 2 is 1.79 bits per heavy atom. The van der Waals surface area contributed by atoms with E-state index in [-0.39, 0.29) is 6.16 Å². The summed E-state index contributed by atoms with van der Waals surface area (Å²) in [4.78, 5) is 16.1. The van der Waals surface area contributed by atoms with E-state index in [1.165, 1.54) is 6.08 Å². The summed E-state index contributed by atoms with van der Waals surface area (Å²) in [6.45, 7) is 3.15. The van der Waals surface area contributed by atoms with E-state index in [2.05, 4.69) is 6.58 Å². The van der Waals surface area contributed by atoms with Gasteiger partial charge in [0.25, 0.3) is 0 Å². The van der Waals surface area contributed by atoms with Gasteiger partial charge in [-0.2, -0.15) is 0 Å². The molecule has 0 radical (unpaired) electrons. The van der Waals surface area contributed by atoms with Crippen molar-refractivity contribution in [1.29, 1.82) is 0 Å². The number of phenols is 1. The van der Waals surface area contributed by atoms with Gasteiger partial charge in [0.2, 0.25) is 0 Å². The Morgan fingerprint density at radius 3 is 1.93 bits per heavy atom. The Kier molecular flexibility index (Phi) is 5.88. The van der Waals surface area contributed by atoms with Crippen LogP contribution in [0.4, 0.5) is 0 Å². The summed E-state index contributed by atoms with van der Waals surface area (Å²) in [7, 11) is -3.78. The third-order valence-corrected chi connectivity index (χ3v) is 1.86. The van der Waals surface area contributed by atoms with E-state index in [9.17, 15) is 4.57 Å². The van der Waals surface area contributed by atoms with Crippen molar-refractivity contribution >= 4 is 7.60 Å². The predicted octanol–water partition coefficient (Wildman–Crippen LogP) is 1.74. The average Bonchev–Trinajstić information content (AvgIpc) is 2.04. The Balaban J connectivity index is 0.000000241. The molecule has 0 heterocycles. The third kappa shape index (κ3) is 9.00. The van der Waals surface area contributed by atoms with Gasteiger partial charge in [-0.05, 0) is 12.1 Å². The lowest BCUT2D eigenvalue weighted by molar-refractivity contribution is 0.377. The van der Waals surface area contributed by atoms with Gasteiger partial charge in [-0.15, -0.1) is 6.58 Å². The summed E-state index contributed by atoms with van der Waals surface area (Å²) >= 11 is 0. The summed E-state index contributed by atoms with van der Waals surface area (Å²) in [6, 6.07) is 8.71. The second-order valence-corrected chi connectivity index (χ2v) is 4.17. The first-order valence-electron chi connectivity index (χ1n) is 3.85. The van der Waals surface area contributed by atoms with E-state index in [0.717, 1.165) is 0 Å². The lowest BCUT2D eigenvalue weighted by Crippen LogP contribution is -1.78. The Bertz CT molecular complexity index is 304. The van der Waals surface area contributed by atoms with E-state index in [1.807, 2.05) is 6.07 Å². The number of hydrogen-bond donors (Lipinski definition) is 3. The van der Waals surface area contributed by atoms with Crippen LogP contribution in [0.15, 0.2) is 43.0 Å². The first kappa shape index (κ1) is 12.9. The van der Waals surface area contributed by atoms with Crippen LogP contribution in [-0.4, -0.2) is 21.1 Å². The van der Waals surface area contributed by atoms with Crippen molar-refractivity contribution in [2.24, 2.45) is 0 Å². The van der Waals surface area contributed by atoms with Crippen LogP contribution in [0, 0.1) is 0 Å². The Labute approximate surface area is 82.7 Å². The standard InChI is InChI=1S/C6H6O.C3H7O3P/c7-6-4-2-1-3-5-6;1-2-3-7(4,5)6/h1-5,7H;2H,1,3H2,(H2,4,5,6). The second kappa shape index (κ2) is 6.38. The van der Waals surface area contributed by atoms with Gasteiger partial charge in [0.1, 0.15) is 5.75 Å². The molecule has 0 aliphatic heterocycles. The van der Waals surface area contributed by atoms with Gasteiger partial charge in [0.15, 0.2) is 0 Å². The fourth-order valence-electron chi connectivity index (χ4n) is 0.596. The molecule has 4 nitrogen and oxygen atoms in total. The van der Waals surface area contributed by atoms with Crippen molar-refractivity contribution in [3.05, 3.63) is 43.0 Å². The molecule has 0 bridgehead atoms. The van der Waals surface area contributed by atoms with Crippen molar-refractivity contribution in [3.8, 4) is 5.75 Å². The quantitative estimate of drug-likeness (QED) is 0.519. The van der Waals surface area contributed by atoms with E-state index < -0.39 is 7.60 Å². The van der Waals surface area contributed by atoms with E-state index in [4.69, 9.17) is 14.9 Å². The SMILES string of the molecule is C=CCP(=O)(O)O.Oc1ccccc1. The molecule has 1 aromatic rings. The maximum Gasteiger partial charge on any atom is 0.329 e. The number of aromatic hydroxyl groups is 1. The lowest BCUT2D eigenvalue weighted by atomic mass is 10.3. The van der Waals surface area contributed by atoms with Crippen molar-refractivity contribution in [1.82, 2.24) is 0 Å². The molecule has 0 saturated heterocycles. The minimum absolute atomic E-state index is 0.229. The maximum absolute atomic E-state index is 9.85. The van der Waals surface area contributed by atoms with E-state index >= 15 is 0 Å². The van der Waals surface area contributed by atoms with Crippen LogP contribution >= 0.6 is 7.60 Å². The molecule has 0 unspecified atom stereocenters. The van der Waals surface area contributed by atoms with Crippen LogP contribution in [0.3, 0.4) is 0 Å². The minimum Gasteiger partial charge on any atom is -0.508 e. The predicted molar refractivity (Wildman–Crippen MR) is 55.2 cm³/mol. The molecule has 0 aliphatic carbocycles. The zero-order valence-electron chi connectivity index (χ0n) is 7.58. The molecule has 14 heavy (non-hydrogen) atoms. The summed E-state index contributed by atoms with van der Waals surface area (Å²) in [5.74, 6) is 0.322. The first-order valence-corrected chi connectivity index (χ1v) is 5.65. The molecule has 0 aliphatic rings. The van der Waals surface area contributed by atoms with Gasteiger partial charge >= 0.3 is 7.60 Å². The summed E-state index contributed by atoms with van der Waals surface area (Å²) < 4.78 is 9.85. The average molecular weight is 216 g/mol.